The number of thioether (sulfide) groups is 1. The van der Waals surface area contributed by atoms with Crippen molar-refractivity contribution in [1.82, 2.24) is 5.43 Å². The van der Waals surface area contributed by atoms with E-state index in [1.54, 1.807) is 23.9 Å². The van der Waals surface area contributed by atoms with E-state index in [9.17, 15) is 4.79 Å². The number of benzene rings is 2. The quantitative estimate of drug-likeness (QED) is 0.884. The zero-order valence-corrected chi connectivity index (χ0v) is 12.3. The molecule has 21 heavy (non-hydrogen) atoms. The molecule has 4 nitrogen and oxygen atoms in total. The highest BCUT2D eigenvalue weighted by atomic mass is 32.2. The van der Waals surface area contributed by atoms with Crippen molar-refractivity contribution in [2.24, 2.45) is 5.10 Å². The lowest BCUT2D eigenvalue weighted by atomic mass is 10.1. The summed E-state index contributed by atoms with van der Waals surface area (Å²) in [7, 11) is 1.38. The second-order valence-corrected chi connectivity index (χ2v) is 5.62. The zero-order chi connectivity index (χ0) is 14.7. The maximum atomic E-state index is 11.4. The number of hydrogen-bond acceptors (Lipinski definition) is 5. The number of methoxy groups -OCH3 is 1. The van der Waals surface area contributed by atoms with Crippen LogP contribution in [0.4, 0.5) is 0 Å². The minimum absolute atomic E-state index is 0.0619. The highest BCUT2D eigenvalue weighted by Crippen LogP contribution is 2.34. The van der Waals surface area contributed by atoms with Gasteiger partial charge in [-0.05, 0) is 17.7 Å². The van der Waals surface area contributed by atoms with Crippen molar-refractivity contribution in [2.75, 3.05) is 7.11 Å². The molecular weight excluding hydrogens is 284 g/mol. The molecule has 106 valence electrons. The first-order chi connectivity index (χ1) is 10.3. The smallest absolute Gasteiger partial charge is 0.337 e. The molecule has 0 fully saturated rings. The summed E-state index contributed by atoms with van der Waals surface area (Å²) in [5, 5.41) is 5.41. The first-order valence-electron chi connectivity index (χ1n) is 6.51. The third-order valence-corrected chi connectivity index (χ3v) is 4.33. The van der Waals surface area contributed by atoms with E-state index < -0.39 is 0 Å². The Kier molecular flexibility index (Phi) is 3.92. The summed E-state index contributed by atoms with van der Waals surface area (Å²) >= 11 is 1.66. The SMILES string of the molecule is COC(=O)c1ccc([C@@H]2NN=C(c3ccccc3)S2)cc1. The summed E-state index contributed by atoms with van der Waals surface area (Å²) in [5.41, 5.74) is 5.84. The monoisotopic (exact) mass is 298 g/mol. The fourth-order valence-corrected chi connectivity index (χ4v) is 3.05. The number of carbonyl (C=O) groups is 1. The van der Waals surface area contributed by atoms with E-state index in [1.807, 2.05) is 42.5 Å². The van der Waals surface area contributed by atoms with Crippen LogP contribution in [-0.4, -0.2) is 18.1 Å². The Labute approximate surface area is 127 Å². The number of nitrogens with zero attached hydrogens (tertiary/aromatic N) is 1. The fraction of sp³-hybridized carbons (Fsp3) is 0.125. The van der Waals surface area contributed by atoms with Crippen molar-refractivity contribution in [3.05, 3.63) is 71.3 Å². The van der Waals surface area contributed by atoms with E-state index >= 15 is 0 Å². The van der Waals surface area contributed by atoms with Crippen LogP contribution in [0.5, 0.6) is 0 Å². The van der Waals surface area contributed by atoms with Crippen LogP contribution < -0.4 is 5.43 Å². The molecule has 2 aromatic rings. The lowest BCUT2D eigenvalue weighted by Crippen LogP contribution is -2.07. The van der Waals surface area contributed by atoms with Crippen LogP contribution in [0.15, 0.2) is 59.7 Å². The van der Waals surface area contributed by atoms with Crippen LogP contribution in [0, 0.1) is 0 Å². The number of esters is 1. The molecule has 1 atom stereocenters. The molecule has 1 heterocycles. The summed E-state index contributed by atoms with van der Waals surface area (Å²) in [5.74, 6) is -0.324. The van der Waals surface area contributed by atoms with Gasteiger partial charge in [0.2, 0.25) is 0 Å². The summed E-state index contributed by atoms with van der Waals surface area (Å²) in [4.78, 5) is 11.4. The molecule has 0 spiro atoms. The van der Waals surface area contributed by atoms with Crippen molar-refractivity contribution in [1.29, 1.82) is 0 Å². The predicted molar refractivity (Wildman–Crippen MR) is 84.2 cm³/mol. The summed E-state index contributed by atoms with van der Waals surface area (Å²) in [6.07, 6.45) is 0. The van der Waals surface area contributed by atoms with E-state index in [0.29, 0.717) is 5.56 Å². The Morgan fingerprint density at radius 3 is 2.52 bits per heavy atom. The largest absolute Gasteiger partial charge is 0.465 e. The molecule has 1 aliphatic rings. The van der Waals surface area contributed by atoms with E-state index in [2.05, 4.69) is 10.5 Å². The van der Waals surface area contributed by atoms with Crippen molar-refractivity contribution in [3.8, 4) is 0 Å². The molecule has 0 unspecified atom stereocenters. The average Bonchev–Trinajstić information content (AvgIpc) is 3.05. The second-order valence-electron chi connectivity index (χ2n) is 4.52. The predicted octanol–water partition coefficient (Wildman–Crippen LogP) is 3.17. The van der Waals surface area contributed by atoms with E-state index in [0.717, 1.165) is 16.2 Å². The van der Waals surface area contributed by atoms with Gasteiger partial charge >= 0.3 is 5.97 Å². The van der Waals surface area contributed by atoms with Gasteiger partial charge in [-0.15, -0.1) is 0 Å². The molecule has 0 saturated carbocycles. The van der Waals surface area contributed by atoms with Crippen molar-refractivity contribution in [3.63, 3.8) is 0 Å². The van der Waals surface area contributed by atoms with Gasteiger partial charge in [0.1, 0.15) is 10.4 Å². The fourth-order valence-electron chi connectivity index (χ4n) is 2.05. The Hall–Kier alpha value is -2.27. The van der Waals surface area contributed by atoms with Crippen LogP contribution in [0.25, 0.3) is 0 Å². The minimum Gasteiger partial charge on any atom is -0.465 e. The molecule has 0 saturated heterocycles. The number of rotatable bonds is 3. The average molecular weight is 298 g/mol. The van der Waals surface area contributed by atoms with Crippen LogP contribution in [-0.2, 0) is 4.74 Å². The Morgan fingerprint density at radius 1 is 1.14 bits per heavy atom. The van der Waals surface area contributed by atoms with Crippen molar-refractivity contribution >= 4 is 22.8 Å². The molecule has 0 aromatic heterocycles. The van der Waals surface area contributed by atoms with Gasteiger partial charge in [-0.2, -0.15) is 5.10 Å². The first-order valence-corrected chi connectivity index (χ1v) is 7.39. The normalized spacial score (nSPS) is 17.0. The van der Waals surface area contributed by atoms with Crippen LogP contribution >= 0.6 is 11.8 Å². The van der Waals surface area contributed by atoms with Gasteiger partial charge in [0.15, 0.2) is 0 Å². The minimum atomic E-state index is -0.324. The molecule has 1 aliphatic heterocycles. The van der Waals surface area contributed by atoms with Crippen molar-refractivity contribution < 1.29 is 9.53 Å². The lowest BCUT2D eigenvalue weighted by Gasteiger charge is -2.10. The number of ether oxygens (including phenoxy) is 1. The van der Waals surface area contributed by atoms with Gasteiger partial charge < -0.3 is 4.74 Å². The van der Waals surface area contributed by atoms with E-state index in [-0.39, 0.29) is 11.3 Å². The van der Waals surface area contributed by atoms with E-state index in [1.165, 1.54) is 7.11 Å². The van der Waals surface area contributed by atoms with Crippen molar-refractivity contribution in [2.45, 2.75) is 5.37 Å². The summed E-state index contributed by atoms with van der Waals surface area (Å²) < 4.78 is 4.69. The zero-order valence-electron chi connectivity index (χ0n) is 11.4. The van der Waals surface area contributed by atoms with Gasteiger partial charge in [0.05, 0.1) is 12.7 Å². The summed E-state index contributed by atoms with van der Waals surface area (Å²) in [6, 6.07) is 17.4. The van der Waals surface area contributed by atoms with Crippen LogP contribution in [0.2, 0.25) is 0 Å². The topological polar surface area (TPSA) is 50.7 Å². The van der Waals surface area contributed by atoms with Gasteiger partial charge in [0, 0.05) is 5.56 Å². The molecule has 0 bridgehead atoms. The number of hydrazone groups is 1. The Balaban J connectivity index is 1.72. The maximum Gasteiger partial charge on any atom is 0.337 e. The number of carbonyl (C=O) groups excluding carboxylic acids is 1. The van der Waals surface area contributed by atoms with Crippen LogP contribution in [0.1, 0.15) is 26.9 Å². The standard InChI is InChI=1S/C16H14N2O2S/c1-20-16(19)13-9-7-12(8-10-13)15-18-17-14(21-15)11-5-3-2-4-6-11/h2-10,15,18H,1H3/t15-/m1/s1. The highest BCUT2D eigenvalue weighted by Gasteiger charge is 2.22. The molecule has 2 aromatic carbocycles. The highest BCUT2D eigenvalue weighted by molar-refractivity contribution is 8.14. The van der Waals surface area contributed by atoms with Gasteiger partial charge in [0.25, 0.3) is 0 Å². The lowest BCUT2D eigenvalue weighted by molar-refractivity contribution is 0.0600. The number of hydrogen-bond donors (Lipinski definition) is 1. The third-order valence-electron chi connectivity index (χ3n) is 3.17. The Bertz CT molecular complexity index is 668. The number of nitrogens with one attached hydrogen (secondary N) is 1. The van der Waals surface area contributed by atoms with Gasteiger partial charge in [-0.3, -0.25) is 5.43 Å². The summed E-state index contributed by atoms with van der Waals surface area (Å²) in [6.45, 7) is 0. The molecule has 0 amide bonds. The van der Waals surface area contributed by atoms with Gasteiger partial charge in [-0.25, -0.2) is 4.79 Å². The Morgan fingerprint density at radius 2 is 1.86 bits per heavy atom. The molecule has 3 rings (SSSR count). The van der Waals surface area contributed by atoms with E-state index in [4.69, 9.17) is 4.74 Å². The molecule has 0 radical (unpaired) electrons. The third kappa shape index (κ3) is 2.92. The maximum absolute atomic E-state index is 11.4. The first kappa shape index (κ1) is 13.7. The molecule has 1 N–H and O–H groups in total. The molecule has 5 heteroatoms. The second kappa shape index (κ2) is 6.01. The molecular formula is C16H14N2O2S. The molecule has 0 aliphatic carbocycles. The van der Waals surface area contributed by atoms with Gasteiger partial charge in [-0.1, -0.05) is 54.2 Å². The van der Waals surface area contributed by atoms with Crippen LogP contribution in [0.3, 0.4) is 0 Å².